The molecule has 0 amide bonds. The van der Waals surface area contributed by atoms with E-state index >= 15 is 0 Å². The average Bonchev–Trinajstić information content (AvgIpc) is 2.33. The largest absolute Gasteiger partial charge is 0.387 e. The molecule has 1 aliphatic rings. The first kappa shape index (κ1) is 13.5. The highest BCUT2D eigenvalue weighted by Gasteiger charge is 2.14. The lowest BCUT2D eigenvalue weighted by atomic mass is 10.1. The van der Waals surface area contributed by atoms with Crippen LogP contribution >= 0.6 is 0 Å². The van der Waals surface area contributed by atoms with E-state index in [1.165, 1.54) is 44.2 Å². The second kappa shape index (κ2) is 6.86. The lowest BCUT2D eigenvalue weighted by Gasteiger charge is -2.26. The number of hydrogen-bond acceptors (Lipinski definition) is 2. The number of nitrogens with zero attached hydrogens (tertiary/aromatic N) is 1. The molecule has 100 valence electrons. The lowest BCUT2D eigenvalue weighted by molar-refractivity contribution is 0.108. The molecule has 0 radical (unpaired) electrons. The Hall–Kier alpha value is -0.930. The van der Waals surface area contributed by atoms with Crippen molar-refractivity contribution in [3.63, 3.8) is 0 Å². The van der Waals surface area contributed by atoms with E-state index in [-0.39, 0.29) is 5.82 Å². The summed E-state index contributed by atoms with van der Waals surface area (Å²) in [4.78, 5) is 2.33. The van der Waals surface area contributed by atoms with Gasteiger partial charge in [0.05, 0.1) is 6.10 Å². The Bertz CT molecular complexity index is 344. The highest BCUT2D eigenvalue weighted by Crippen LogP contribution is 2.17. The van der Waals surface area contributed by atoms with Gasteiger partial charge in [0.2, 0.25) is 0 Å². The van der Waals surface area contributed by atoms with E-state index in [1.807, 2.05) is 0 Å². The molecule has 18 heavy (non-hydrogen) atoms. The molecule has 0 aromatic heterocycles. The number of benzene rings is 1. The number of β-amino-alcohol motifs (C(OH)–C–C–N with tert-alkyl or cyclic N) is 1. The Labute approximate surface area is 108 Å². The fourth-order valence-corrected chi connectivity index (χ4v) is 2.53. The molecule has 1 fully saturated rings. The van der Waals surface area contributed by atoms with Gasteiger partial charge in [-0.05, 0) is 43.6 Å². The van der Waals surface area contributed by atoms with E-state index in [1.54, 1.807) is 12.1 Å². The number of aliphatic hydroxyl groups excluding tert-OH is 1. The van der Waals surface area contributed by atoms with E-state index in [0.29, 0.717) is 6.54 Å². The number of hydrogen-bond donors (Lipinski definition) is 1. The van der Waals surface area contributed by atoms with Crippen LogP contribution in [0.2, 0.25) is 0 Å². The van der Waals surface area contributed by atoms with Crippen molar-refractivity contribution in [2.45, 2.75) is 38.2 Å². The van der Waals surface area contributed by atoms with Crippen molar-refractivity contribution >= 4 is 0 Å². The molecule has 0 aliphatic carbocycles. The molecule has 1 N–H and O–H groups in total. The Morgan fingerprint density at radius 3 is 2.17 bits per heavy atom. The van der Waals surface area contributed by atoms with Gasteiger partial charge in [-0.25, -0.2) is 4.39 Å². The fraction of sp³-hybridized carbons (Fsp3) is 0.600. The maximum absolute atomic E-state index is 12.8. The summed E-state index contributed by atoms with van der Waals surface area (Å²) in [5, 5.41) is 10.2. The summed E-state index contributed by atoms with van der Waals surface area (Å²) in [5.41, 5.74) is 0.804. The number of aliphatic hydroxyl groups is 1. The molecule has 1 aromatic carbocycles. The third-order valence-corrected chi connectivity index (χ3v) is 3.63. The molecule has 2 rings (SSSR count). The van der Waals surface area contributed by atoms with Crippen LogP contribution in [0.3, 0.4) is 0 Å². The maximum atomic E-state index is 12.8. The number of rotatable bonds is 3. The Balaban J connectivity index is 1.88. The molecule has 2 nitrogen and oxygen atoms in total. The summed E-state index contributed by atoms with van der Waals surface area (Å²) in [7, 11) is 0. The van der Waals surface area contributed by atoms with Gasteiger partial charge in [0.15, 0.2) is 0 Å². The molecule has 0 bridgehead atoms. The highest BCUT2D eigenvalue weighted by atomic mass is 19.1. The normalized spacial score (nSPS) is 20.1. The van der Waals surface area contributed by atoms with E-state index in [0.717, 1.165) is 18.7 Å². The summed E-state index contributed by atoms with van der Waals surface area (Å²) < 4.78 is 12.8. The molecule has 0 spiro atoms. The molecule has 1 unspecified atom stereocenters. The predicted octanol–water partition coefficient (Wildman–Crippen LogP) is 3.13. The average molecular weight is 251 g/mol. The van der Waals surface area contributed by atoms with Crippen LogP contribution in [0, 0.1) is 5.82 Å². The van der Waals surface area contributed by atoms with Crippen LogP contribution < -0.4 is 0 Å². The van der Waals surface area contributed by atoms with Crippen molar-refractivity contribution in [2.24, 2.45) is 0 Å². The number of likely N-dealkylation sites (tertiary alicyclic amines) is 1. The maximum Gasteiger partial charge on any atom is 0.123 e. The highest BCUT2D eigenvalue weighted by molar-refractivity contribution is 5.18. The van der Waals surface area contributed by atoms with Crippen LogP contribution in [0.5, 0.6) is 0 Å². The smallest absolute Gasteiger partial charge is 0.123 e. The molecular formula is C15H22FNO. The summed E-state index contributed by atoms with van der Waals surface area (Å²) >= 11 is 0. The Kier molecular flexibility index (Phi) is 5.14. The second-order valence-electron chi connectivity index (χ2n) is 5.14. The lowest BCUT2D eigenvalue weighted by Crippen LogP contribution is -2.31. The molecular weight excluding hydrogens is 229 g/mol. The van der Waals surface area contributed by atoms with Crippen LogP contribution in [0.1, 0.15) is 43.8 Å². The molecule has 1 saturated heterocycles. The first-order valence-corrected chi connectivity index (χ1v) is 6.91. The molecule has 1 aliphatic heterocycles. The van der Waals surface area contributed by atoms with Gasteiger partial charge in [0.25, 0.3) is 0 Å². The van der Waals surface area contributed by atoms with Gasteiger partial charge in [0, 0.05) is 6.54 Å². The van der Waals surface area contributed by atoms with E-state index < -0.39 is 6.10 Å². The zero-order valence-electron chi connectivity index (χ0n) is 10.8. The topological polar surface area (TPSA) is 23.5 Å². The van der Waals surface area contributed by atoms with Crippen molar-refractivity contribution in [1.29, 1.82) is 0 Å². The third-order valence-electron chi connectivity index (χ3n) is 3.63. The van der Waals surface area contributed by atoms with E-state index in [4.69, 9.17) is 0 Å². The van der Waals surface area contributed by atoms with Crippen molar-refractivity contribution in [3.8, 4) is 0 Å². The van der Waals surface area contributed by atoms with E-state index in [2.05, 4.69) is 4.90 Å². The van der Waals surface area contributed by atoms with Crippen molar-refractivity contribution in [3.05, 3.63) is 35.6 Å². The first-order chi connectivity index (χ1) is 8.75. The zero-order valence-corrected chi connectivity index (χ0v) is 10.8. The Morgan fingerprint density at radius 1 is 1.00 bits per heavy atom. The minimum absolute atomic E-state index is 0.253. The van der Waals surface area contributed by atoms with Gasteiger partial charge in [0.1, 0.15) is 5.82 Å². The summed E-state index contributed by atoms with van der Waals surface area (Å²) in [6.07, 6.45) is 5.86. The van der Waals surface area contributed by atoms with Crippen LogP contribution in [0.4, 0.5) is 4.39 Å². The molecule has 1 aromatic rings. The van der Waals surface area contributed by atoms with Crippen LogP contribution in [-0.4, -0.2) is 29.6 Å². The van der Waals surface area contributed by atoms with Crippen LogP contribution in [-0.2, 0) is 0 Å². The Morgan fingerprint density at radius 2 is 1.56 bits per heavy atom. The standard InChI is InChI=1S/C15H22FNO/c16-14-8-6-13(7-9-14)15(18)12-17-10-4-2-1-3-5-11-17/h6-9,15,18H,1-5,10-12H2. The number of halogens is 1. The van der Waals surface area contributed by atoms with Gasteiger partial charge < -0.3 is 10.0 Å². The first-order valence-electron chi connectivity index (χ1n) is 6.91. The third kappa shape index (κ3) is 4.07. The minimum Gasteiger partial charge on any atom is -0.387 e. The summed E-state index contributed by atoms with van der Waals surface area (Å²) in [5.74, 6) is -0.253. The SMILES string of the molecule is OC(CN1CCCCCCC1)c1ccc(F)cc1. The van der Waals surface area contributed by atoms with Gasteiger partial charge in [-0.1, -0.05) is 31.4 Å². The van der Waals surface area contributed by atoms with Gasteiger partial charge in [-0.15, -0.1) is 0 Å². The molecule has 1 atom stereocenters. The van der Waals surface area contributed by atoms with Crippen molar-refractivity contribution < 1.29 is 9.50 Å². The summed E-state index contributed by atoms with van der Waals surface area (Å²) in [6, 6.07) is 6.16. The molecule has 3 heteroatoms. The molecule has 0 saturated carbocycles. The minimum atomic E-state index is -0.509. The van der Waals surface area contributed by atoms with Gasteiger partial charge in [-0.2, -0.15) is 0 Å². The monoisotopic (exact) mass is 251 g/mol. The van der Waals surface area contributed by atoms with Crippen LogP contribution in [0.25, 0.3) is 0 Å². The second-order valence-corrected chi connectivity index (χ2v) is 5.14. The zero-order chi connectivity index (χ0) is 12.8. The van der Waals surface area contributed by atoms with Crippen molar-refractivity contribution in [1.82, 2.24) is 4.90 Å². The predicted molar refractivity (Wildman–Crippen MR) is 70.9 cm³/mol. The van der Waals surface area contributed by atoms with Crippen LogP contribution in [0.15, 0.2) is 24.3 Å². The van der Waals surface area contributed by atoms with Crippen molar-refractivity contribution in [2.75, 3.05) is 19.6 Å². The summed E-state index contributed by atoms with van der Waals surface area (Å²) in [6.45, 7) is 2.79. The van der Waals surface area contributed by atoms with E-state index in [9.17, 15) is 9.50 Å². The molecule has 1 heterocycles. The van der Waals surface area contributed by atoms with Gasteiger partial charge in [-0.3, -0.25) is 0 Å². The quantitative estimate of drug-likeness (QED) is 0.892. The fourth-order valence-electron chi connectivity index (χ4n) is 2.53. The van der Waals surface area contributed by atoms with Gasteiger partial charge >= 0.3 is 0 Å².